The van der Waals surface area contributed by atoms with Gasteiger partial charge >= 0.3 is 0 Å². The summed E-state index contributed by atoms with van der Waals surface area (Å²) in [5, 5.41) is 3.95. The van der Waals surface area contributed by atoms with Gasteiger partial charge in [0.05, 0.1) is 22.8 Å². The first-order valence-corrected chi connectivity index (χ1v) is 10.1. The van der Waals surface area contributed by atoms with Gasteiger partial charge in [-0.15, -0.1) is 0 Å². The number of hydrogen-bond donors (Lipinski definition) is 2. The van der Waals surface area contributed by atoms with Gasteiger partial charge in [0.2, 0.25) is 11.8 Å². The molecular formula is C19H20ClN5O2S. The van der Waals surface area contributed by atoms with Gasteiger partial charge < -0.3 is 15.2 Å². The molecule has 9 heteroatoms. The van der Waals surface area contributed by atoms with Crippen LogP contribution >= 0.6 is 23.4 Å². The van der Waals surface area contributed by atoms with E-state index in [1.165, 1.54) is 22.9 Å². The van der Waals surface area contributed by atoms with Crippen LogP contribution in [0.4, 0.5) is 5.69 Å². The first-order chi connectivity index (χ1) is 13.5. The normalized spacial score (nSPS) is 10.8. The number of halogens is 1. The Balaban J connectivity index is 1.52. The molecule has 28 heavy (non-hydrogen) atoms. The third kappa shape index (κ3) is 5.02. The molecule has 0 fully saturated rings. The Morgan fingerprint density at radius 2 is 2.11 bits per heavy atom. The van der Waals surface area contributed by atoms with Gasteiger partial charge in [0.25, 0.3) is 0 Å². The number of hydrogen-bond acceptors (Lipinski definition) is 5. The molecule has 0 atom stereocenters. The van der Waals surface area contributed by atoms with Gasteiger partial charge in [-0.2, -0.15) is 0 Å². The lowest BCUT2D eigenvalue weighted by Crippen LogP contribution is -2.36. The zero-order chi connectivity index (χ0) is 20.1. The number of anilines is 1. The number of fused-ring (bicyclic) bond motifs is 1. The number of thioether (sulfide) groups is 1. The van der Waals surface area contributed by atoms with Crippen molar-refractivity contribution in [2.24, 2.45) is 0 Å². The van der Waals surface area contributed by atoms with E-state index >= 15 is 0 Å². The number of likely N-dealkylation sites (N-methyl/N-ethyl adjacent to an activating group) is 1. The second kappa shape index (κ2) is 9.07. The lowest BCUT2D eigenvalue weighted by atomic mass is 10.1. The molecule has 0 aliphatic heterocycles. The number of para-hydroxylation sites is 1. The Kier molecular flexibility index (Phi) is 6.53. The van der Waals surface area contributed by atoms with E-state index < -0.39 is 0 Å². The van der Waals surface area contributed by atoms with E-state index in [2.05, 4.69) is 20.3 Å². The monoisotopic (exact) mass is 417 g/mol. The lowest BCUT2D eigenvalue weighted by molar-refractivity contribution is -0.131. The average Bonchev–Trinajstić information content (AvgIpc) is 3.08. The fourth-order valence-corrected chi connectivity index (χ4v) is 3.58. The molecule has 2 aromatic heterocycles. The summed E-state index contributed by atoms with van der Waals surface area (Å²) < 4.78 is 0. The number of amides is 2. The molecule has 1 aromatic carbocycles. The highest BCUT2D eigenvalue weighted by Crippen LogP contribution is 2.20. The molecule has 2 heterocycles. The zero-order valence-corrected chi connectivity index (χ0v) is 17.1. The molecule has 7 nitrogen and oxygen atoms in total. The highest BCUT2D eigenvalue weighted by molar-refractivity contribution is 7.99. The number of benzene rings is 1. The van der Waals surface area contributed by atoms with Gasteiger partial charge in [-0.3, -0.25) is 9.59 Å². The first-order valence-electron chi connectivity index (χ1n) is 8.72. The van der Waals surface area contributed by atoms with E-state index in [4.69, 9.17) is 11.6 Å². The minimum Gasteiger partial charge on any atom is -0.336 e. The zero-order valence-electron chi connectivity index (χ0n) is 15.5. The molecule has 0 saturated carbocycles. The topological polar surface area (TPSA) is 91.0 Å². The van der Waals surface area contributed by atoms with Gasteiger partial charge in [-0.05, 0) is 24.1 Å². The number of nitrogens with zero attached hydrogens (tertiary/aromatic N) is 3. The lowest BCUT2D eigenvalue weighted by Gasteiger charge is -2.17. The van der Waals surface area contributed by atoms with Crippen LogP contribution in [0.1, 0.15) is 12.5 Å². The van der Waals surface area contributed by atoms with E-state index in [1.807, 2.05) is 31.2 Å². The van der Waals surface area contributed by atoms with Crippen LogP contribution in [0.3, 0.4) is 0 Å². The average molecular weight is 418 g/mol. The second-order valence-electron chi connectivity index (χ2n) is 6.16. The Labute approximate surface area is 171 Å². The largest absolute Gasteiger partial charge is 0.336 e. The van der Waals surface area contributed by atoms with Crippen molar-refractivity contribution < 1.29 is 9.59 Å². The van der Waals surface area contributed by atoms with Crippen molar-refractivity contribution in [2.75, 3.05) is 24.7 Å². The molecule has 2 amide bonds. The van der Waals surface area contributed by atoms with Crippen LogP contribution in [0.2, 0.25) is 5.02 Å². The van der Waals surface area contributed by atoms with Crippen LogP contribution in [0.5, 0.6) is 0 Å². The number of pyridine rings is 1. The maximum Gasteiger partial charge on any atom is 0.243 e. The molecule has 3 rings (SSSR count). The molecule has 2 N–H and O–H groups in total. The summed E-state index contributed by atoms with van der Waals surface area (Å²) in [5.41, 5.74) is 3.09. The van der Waals surface area contributed by atoms with Crippen molar-refractivity contribution in [1.82, 2.24) is 19.9 Å². The van der Waals surface area contributed by atoms with Crippen LogP contribution in [0, 0.1) is 0 Å². The number of carbonyl (C=O) groups is 2. The number of rotatable bonds is 7. The summed E-state index contributed by atoms with van der Waals surface area (Å²) in [6.07, 6.45) is 2.34. The minimum absolute atomic E-state index is 0.0191. The smallest absolute Gasteiger partial charge is 0.243 e. The third-order valence-corrected chi connectivity index (χ3v) is 5.16. The number of aryl methyl sites for hydroxylation is 1. The molecule has 146 valence electrons. The number of nitrogens with one attached hydrogen (secondary N) is 2. The third-order valence-electron chi connectivity index (χ3n) is 4.09. The molecule has 0 unspecified atom stereocenters. The van der Waals surface area contributed by atoms with E-state index in [-0.39, 0.29) is 24.1 Å². The molecular weight excluding hydrogens is 398 g/mol. The molecule has 0 radical (unpaired) electrons. The number of aromatic nitrogens is 3. The Bertz CT molecular complexity index is 1010. The Hall–Kier alpha value is -2.58. The van der Waals surface area contributed by atoms with E-state index in [9.17, 15) is 9.59 Å². The SMILES string of the molecule is CCc1ccccc1NC(=O)CN(C)C(=O)CSc1nc2ncc(Cl)cc2[nH]1. The summed E-state index contributed by atoms with van der Waals surface area (Å²) in [7, 11) is 1.61. The van der Waals surface area contributed by atoms with E-state index in [0.29, 0.717) is 21.3 Å². The molecule has 3 aromatic rings. The molecule has 0 bridgehead atoms. The summed E-state index contributed by atoms with van der Waals surface area (Å²) >= 11 is 7.16. The Morgan fingerprint density at radius 3 is 2.89 bits per heavy atom. The minimum atomic E-state index is -0.232. The maximum absolute atomic E-state index is 12.3. The number of imidazole rings is 1. The van der Waals surface area contributed by atoms with Crippen molar-refractivity contribution in [3.8, 4) is 0 Å². The van der Waals surface area contributed by atoms with E-state index in [1.54, 1.807) is 13.1 Å². The first kappa shape index (κ1) is 20.2. The van der Waals surface area contributed by atoms with Crippen molar-refractivity contribution >= 4 is 52.0 Å². The van der Waals surface area contributed by atoms with E-state index in [0.717, 1.165) is 17.7 Å². The quantitative estimate of drug-likeness (QED) is 0.575. The highest BCUT2D eigenvalue weighted by atomic mass is 35.5. The second-order valence-corrected chi connectivity index (χ2v) is 7.56. The Morgan fingerprint density at radius 1 is 1.32 bits per heavy atom. The van der Waals surface area contributed by atoms with Gasteiger partial charge in [0, 0.05) is 18.9 Å². The predicted octanol–water partition coefficient (Wildman–Crippen LogP) is 3.36. The maximum atomic E-state index is 12.3. The fourth-order valence-electron chi connectivity index (χ4n) is 2.60. The summed E-state index contributed by atoms with van der Waals surface area (Å²) in [6.45, 7) is 2.01. The number of H-pyrrole nitrogens is 1. The standard InChI is InChI=1S/C19H20ClN5O2S/c1-3-12-6-4-5-7-14(12)22-16(26)10-25(2)17(27)11-28-19-23-15-8-13(20)9-21-18(15)24-19/h4-9H,3,10-11H2,1-2H3,(H,22,26)(H,21,23,24). The molecule has 0 spiro atoms. The van der Waals surface area contributed by atoms with Crippen LogP contribution < -0.4 is 5.32 Å². The van der Waals surface area contributed by atoms with Crippen LogP contribution in [-0.2, 0) is 16.0 Å². The van der Waals surface area contributed by atoms with Gasteiger partial charge in [0.1, 0.15) is 0 Å². The van der Waals surface area contributed by atoms with Crippen LogP contribution in [-0.4, -0.2) is 51.0 Å². The van der Waals surface area contributed by atoms with Crippen molar-refractivity contribution in [1.29, 1.82) is 0 Å². The van der Waals surface area contributed by atoms with Crippen molar-refractivity contribution in [2.45, 2.75) is 18.5 Å². The van der Waals surface area contributed by atoms with Gasteiger partial charge in [0.15, 0.2) is 10.8 Å². The van der Waals surface area contributed by atoms with Gasteiger partial charge in [-0.1, -0.05) is 48.5 Å². The van der Waals surface area contributed by atoms with Gasteiger partial charge in [-0.25, -0.2) is 9.97 Å². The van der Waals surface area contributed by atoms with Crippen molar-refractivity contribution in [3.05, 3.63) is 47.1 Å². The summed E-state index contributed by atoms with van der Waals surface area (Å²) in [4.78, 5) is 37.5. The molecule has 0 aliphatic carbocycles. The number of carbonyl (C=O) groups excluding carboxylic acids is 2. The summed E-state index contributed by atoms with van der Waals surface area (Å²) in [6, 6.07) is 9.36. The predicted molar refractivity (Wildman–Crippen MR) is 112 cm³/mol. The molecule has 0 aliphatic rings. The fraction of sp³-hybridized carbons (Fsp3) is 0.263. The number of aromatic amines is 1. The molecule has 0 saturated heterocycles. The van der Waals surface area contributed by atoms with Crippen LogP contribution in [0.25, 0.3) is 11.2 Å². The van der Waals surface area contributed by atoms with Crippen LogP contribution in [0.15, 0.2) is 41.7 Å². The summed E-state index contributed by atoms with van der Waals surface area (Å²) in [5.74, 6) is -0.247. The van der Waals surface area contributed by atoms with Crippen molar-refractivity contribution in [3.63, 3.8) is 0 Å². The highest BCUT2D eigenvalue weighted by Gasteiger charge is 2.15.